The number of carbonyl (C=O) groups is 1. The number of hydrogen-bond donors (Lipinski definition) is 2. The maximum absolute atomic E-state index is 12.6. The van der Waals surface area contributed by atoms with Crippen LogP contribution in [-0.4, -0.2) is 42.8 Å². The smallest absolute Gasteiger partial charge is 0.368 e. The molecule has 4 nitrogen and oxygen atoms in total. The Balaban J connectivity index is 2.65. The molecule has 0 aromatic carbocycles. The number of halogens is 3. The maximum atomic E-state index is 12.6. The first kappa shape index (κ1) is 14.8. The molecule has 1 aliphatic heterocycles. The number of carbonyl (C=O) groups excluding carboxylic acids is 1. The zero-order valence-corrected chi connectivity index (χ0v) is 9.89. The normalized spacial score (nSPS) is 23.6. The molecule has 0 aromatic heterocycles. The summed E-state index contributed by atoms with van der Waals surface area (Å²) < 4.78 is 37.8. The molecular formula is C11H16F3N3O. The minimum atomic E-state index is -4.41. The van der Waals surface area contributed by atoms with Crippen molar-refractivity contribution in [3.8, 4) is 11.8 Å². The van der Waals surface area contributed by atoms with Crippen molar-refractivity contribution in [2.45, 2.75) is 31.6 Å². The van der Waals surface area contributed by atoms with Crippen molar-refractivity contribution >= 4 is 5.91 Å². The van der Waals surface area contributed by atoms with Crippen molar-refractivity contribution < 1.29 is 18.0 Å². The molecule has 1 atom stereocenters. The zero-order valence-electron chi connectivity index (χ0n) is 9.89. The van der Waals surface area contributed by atoms with E-state index >= 15 is 0 Å². The van der Waals surface area contributed by atoms with E-state index < -0.39 is 18.2 Å². The maximum Gasteiger partial charge on any atom is 0.460 e. The lowest BCUT2D eigenvalue weighted by molar-refractivity contribution is -0.240. The Morgan fingerprint density at radius 3 is 2.72 bits per heavy atom. The minimum absolute atomic E-state index is 0.0504. The monoisotopic (exact) mass is 263 g/mol. The lowest BCUT2D eigenvalue weighted by atomic mass is 10.1. The molecule has 0 aromatic rings. The third-order valence-electron chi connectivity index (χ3n) is 2.66. The predicted octanol–water partition coefficient (Wildman–Crippen LogP) is 0.439. The van der Waals surface area contributed by atoms with Crippen LogP contribution < -0.4 is 11.1 Å². The van der Waals surface area contributed by atoms with E-state index in [1.165, 1.54) is 0 Å². The molecule has 0 fully saturated rings. The van der Waals surface area contributed by atoms with Crippen LogP contribution in [0.25, 0.3) is 0 Å². The Labute approximate surface area is 104 Å². The Hall–Kier alpha value is -1.26. The summed E-state index contributed by atoms with van der Waals surface area (Å²) in [7, 11) is 0. The van der Waals surface area contributed by atoms with E-state index in [0.29, 0.717) is 24.2 Å². The largest absolute Gasteiger partial charge is 0.460 e. The van der Waals surface area contributed by atoms with Gasteiger partial charge in [-0.15, -0.1) is 5.92 Å². The van der Waals surface area contributed by atoms with Crippen LogP contribution in [0.15, 0.2) is 0 Å². The van der Waals surface area contributed by atoms with Crippen LogP contribution >= 0.6 is 0 Å². The van der Waals surface area contributed by atoms with Crippen LogP contribution in [0.1, 0.15) is 19.3 Å². The van der Waals surface area contributed by atoms with Gasteiger partial charge in [-0.05, 0) is 12.8 Å². The lowest BCUT2D eigenvalue weighted by Crippen LogP contribution is -2.47. The number of rotatable bonds is 1. The minimum Gasteiger partial charge on any atom is -0.368 e. The predicted molar refractivity (Wildman–Crippen MR) is 60.2 cm³/mol. The Morgan fingerprint density at radius 2 is 2.11 bits per heavy atom. The number of nitrogens with zero attached hydrogens (tertiary/aromatic N) is 1. The van der Waals surface area contributed by atoms with Gasteiger partial charge in [0, 0.05) is 19.5 Å². The van der Waals surface area contributed by atoms with Crippen LogP contribution in [0.2, 0.25) is 0 Å². The molecule has 1 aliphatic rings. The quantitative estimate of drug-likeness (QED) is 0.533. The van der Waals surface area contributed by atoms with Gasteiger partial charge in [-0.1, -0.05) is 5.92 Å². The summed E-state index contributed by atoms with van der Waals surface area (Å²) in [6, 6.07) is -0.583. The molecule has 1 unspecified atom stereocenters. The zero-order chi connectivity index (χ0) is 13.6. The van der Waals surface area contributed by atoms with Gasteiger partial charge in [0.15, 0.2) is 0 Å². The van der Waals surface area contributed by atoms with Crippen LogP contribution in [0.5, 0.6) is 0 Å². The second-order valence-electron chi connectivity index (χ2n) is 4.04. The number of nitrogens with one attached hydrogen (secondary N) is 1. The number of primary amides is 1. The molecule has 0 saturated heterocycles. The van der Waals surface area contributed by atoms with Gasteiger partial charge in [0.1, 0.15) is 0 Å². The number of hydrogen-bond acceptors (Lipinski definition) is 3. The topological polar surface area (TPSA) is 58.4 Å². The third kappa shape index (κ3) is 4.94. The summed E-state index contributed by atoms with van der Waals surface area (Å²) in [5.41, 5.74) is 5.16. The van der Waals surface area contributed by atoms with Gasteiger partial charge in [0.05, 0.1) is 12.6 Å². The second-order valence-corrected chi connectivity index (χ2v) is 4.04. The van der Waals surface area contributed by atoms with E-state index in [1.807, 2.05) is 0 Å². The highest BCUT2D eigenvalue weighted by Crippen LogP contribution is 2.20. The molecule has 1 rings (SSSR count). The molecule has 7 heteroatoms. The van der Waals surface area contributed by atoms with Crippen LogP contribution in [0.3, 0.4) is 0 Å². The van der Waals surface area contributed by atoms with E-state index in [1.54, 1.807) is 0 Å². The van der Waals surface area contributed by atoms with E-state index in [0.717, 1.165) is 0 Å². The first-order chi connectivity index (χ1) is 8.41. The highest BCUT2D eigenvalue weighted by atomic mass is 19.4. The van der Waals surface area contributed by atoms with E-state index in [2.05, 4.69) is 17.2 Å². The number of amides is 1. The van der Waals surface area contributed by atoms with Gasteiger partial charge < -0.3 is 11.1 Å². The molecule has 1 heterocycles. The van der Waals surface area contributed by atoms with Gasteiger partial charge in [-0.25, -0.2) is 4.90 Å². The molecule has 0 bridgehead atoms. The standard InChI is InChI=1S/C11H16F3N3O/c12-11(13,14)17-7-4-2-1-3-5-9(10(15)18)16-6-8-17/h9,16H,1,3,5-8H2,(H2,15,18). The number of alkyl halides is 3. The molecule has 18 heavy (non-hydrogen) atoms. The molecule has 0 radical (unpaired) electrons. The summed E-state index contributed by atoms with van der Waals surface area (Å²) >= 11 is 0. The third-order valence-corrected chi connectivity index (χ3v) is 2.66. The average Bonchev–Trinajstić information content (AvgIpc) is 2.30. The van der Waals surface area contributed by atoms with Gasteiger partial charge in [-0.2, -0.15) is 13.2 Å². The van der Waals surface area contributed by atoms with Crippen molar-refractivity contribution in [2.24, 2.45) is 5.73 Å². The van der Waals surface area contributed by atoms with E-state index in [4.69, 9.17) is 5.73 Å². The Bertz CT molecular complexity index is 346. The summed E-state index contributed by atoms with van der Waals surface area (Å²) in [5, 5.41) is 2.75. The van der Waals surface area contributed by atoms with Gasteiger partial charge in [-0.3, -0.25) is 4.79 Å². The molecule has 0 saturated carbocycles. The summed E-state index contributed by atoms with van der Waals surface area (Å²) in [6.07, 6.45) is -2.81. The average molecular weight is 263 g/mol. The fraction of sp³-hybridized carbons (Fsp3) is 0.727. The van der Waals surface area contributed by atoms with Crippen molar-refractivity contribution in [3.63, 3.8) is 0 Å². The summed E-state index contributed by atoms with van der Waals surface area (Å²) in [6.45, 7) is -0.539. The Morgan fingerprint density at radius 1 is 1.39 bits per heavy atom. The highest BCUT2D eigenvalue weighted by Gasteiger charge is 2.36. The molecule has 3 N–H and O–H groups in total. The van der Waals surface area contributed by atoms with E-state index in [9.17, 15) is 18.0 Å². The molecule has 0 spiro atoms. The molecule has 1 amide bonds. The van der Waals surface area contributed by atoms with Gasteiger partial charge in [0.25, 0.3) is 0 Å². The first-order valence-electron chi connectivity index (χ1n) is 5.71. The van der Waals surface area contributed by atoms with Gasteiger partial charge >= 0.3 is 6.30 Å². The molecule has 102 valence electrons. The van der Waals surface area contributed by atoms with Crippen molar-refractivity contribution in [3.05, 3.63) is 0 Å². The van der Waals surface area contributed by atoms with Crippen molar-refractivity contribution in [1.29, 1.82) is 0 Å². The molecular weight excluding hydrogens is 247 g/mol. The van der Waals surface area contributed by atoms with E-state index in [-0.39, 0.29) is 19.6 Å². The summed E-state index contributed by atoms with van der Waals surface area (Å²) in [4.78, 5) is 11.4. The van der Waals surface area contributed by atoms with Crippen LogP contribution in [0.4, 0.5) is 13.2 Å². The second kappa shape index (κ2) is 6.61. The first-order valence-corrected chi connectivity index (χ1v) is 5.71. The van der Waals surface area contributed by atoms with Crippen molar-refractivity contribution in [1.82, 2.24) is 10.2 Å². The van der Waals surface area contributed by atoms with Gasteiger partial charge in [0.2, 0.25) is 5.91 Å². The van der Waals surface area contributed by atoms with Crippen LogP contribution in [-0.2, 0) is 4.79 Å². The fourth-order valence-electron chi connectivity index (χ4n) is 1.65. The van der Waals surface area contributed by atoms with Crippen molar-refractivity contribution in [2.75, 3.05) is 19.6 Å². The Kier molecular flexibility index (Phi) is 5.44. The summed E-state index contributed by atoms with van der Waals surface area (Å²) in [5.74, 6) is 4.63. The molecule has 0 aliphatic carbocycles. The van der Waals surface area contributed by atoms with Crippen LogP contribution in [0, 0.1) is 11.8 Å². The number of nitrogens with two attached hydrogens (primary N) is 1. The SMILES string of the molecule is NC(=O)C1CCCC#CCN(C(F)(F)F)CCN1. The highest BCUT2D eigenvalue weighted by molar-refractivity contribution is 5.79. The lowest BCUT2D eigenvalue weighted by Gasteiger charge is -2.23. The fourth-order valence-corrected chi connectivity index (χ4v) is 1.65.